The Hall–Kier alpha value is -2.39. The van der Waals surface area contributed by atoms with Crippen LogP contribution in [-0.4, -0.2) is 9.97 Å². The fourth-order valence-corrected chi connectivity index (χ4v) is 2.33. The minimum Gasteiger partial charge on any atom is -0.397 e. The lowest BCUT2D eigenvalue weighted by molar-refractivity contribution is 1.17. The second-order valence-electron chi connectivity index (χ2n) is 4.34. The van der Waals surface area contributed by atoms with Crippen LogP contribution in [0.3, 0.4) is 0 Å². The lowest BCUT2D eigenvalue weighted by Crippen LogP contribution is -1.96. The highest BCUT2D eigenvalue weighted by atomic mass is 35.5. The van der Waals surface area contributed by atoms with Gasteiger partial charge in [-0.15, -0.1) is 0 Å². The van der Waals surface area contributed by atoms with Crippen LogP contribution in [0.15, 0.2) is 61.1 Å². The maximum Gasteiger partial charge on any atom is 0.116 e. The largest absolute Gasteiger partial charge is 0.397 e. The van der Waals surface area contributed by atoms with Crippen molar-refractivity contribution in [3.05, 3.63) is 66.1 Å². The Morgan fingerprint density at radius 1 is 0.950 bits per heavy atom. The van der Waals surface area contributed by atoms with Gasteiger partial charge in [0.15, 0.2) is 0 Å². The van der Waals surface area contributed by atoms with E-state index in [-0.39, 0.29) is 0 Å². The summed E-state index contributed by atoms with van der Waals surface area (Å²) >= 11 is 6.17. The zero-order valence-electron chi connectivity index (χ0n) is 10.6. The van der Waals surface area contributed by atoms with Crippen LogP contribution in [0.2, 0.25) is 5.02 Å². The highest BCUT2D eigenvalue weighted by Gasteiger charge is 2.14. The van der Waals surface area contributed by atoms with Gasteiger partial charge in [0.25, 0.3) is 0 Å². The average molecular weight is 282 g/mol. The molecule has 0 bridgehead atoms. The topological polar surface area (TPSA) is 51.8 Å². The van der Waals surface area contributed by atoms with Crippen LogP contribution < -0.4 is 5.73 Å². The van der Waals surface area contributed by atoms with Crippen LogP contribution in [0.25, 0.3) is 22.4 Å². The molecule has 0 amide bonds. The lowest BCUT2D eigenvalue weighted by Gasteiger charge is -2.13. The molecule has 0 aliphatic rings. The number of nitrogens with zero attached hydrogens (tertiary/aromatic N) is 2. The van der Waals surface area contributed by atoms with Crippen molar-refractivity contribution < 1.29 is 0 Å². The van der Waals surface area contributed by atoms with Gasteiger partial charge >= 0.3 is 0 Å². The molecular formula is C16H12ClN3. The number of anilines is 1. The van der Waals surface area contributed by atoms with Crippen molar-refractivity contribution in [2.75, 3.05) is 5.73 Å². The molecule has 98 valence electrons. The van der Waals surface area contributed by atoms with Crippen molar-refractivity contribution in [2.45, 2.75) is 0 Å². The first kappa shape index (κ1) is 12.6. The molecule has 0 saturated heterocycles. The number of halogens is 1. The Bertz CT molecular complexity index is 727. The summed E-state index contributed by atoms with van der Waals surface area (Å²) in [6, 6.07) is 15.5. The molecule has 1 aromatic heterocycles. The summed E-state index contributed by atoms with van der Waals surface area (Å²) in [5, 5.41) is 0.543. The van der Waals surface area contributed by atoms with E-state index in [1.165, 1.54) is 6.33 Å². The second kappa shape index (κ2) is 5.31. The Kier molecular flexibility index (Phi) is 3.35. The highest BCUT2D eigenvalue weighted by molar-refractivity contribution is 6.34. The molecule has 1 heterocycles. The average Bonchev–Trinajstić information content (AvgIpc) is 2.51. The molecule has 0 spiro atoms. The zero-order chi connectivity index (χ0) is 13.9. The third-order valence-electron chi connectivity index (χ3n) is 3.11. The van der Waals surface area contributed by atoms with E-state index < -0.39 is 0 Å². The van der Waals surface area contributed by atoms with E-state index in [0.29, 0.717) is 10.7 Å². The van der Waals surface area contributed by atoms with Gasteiger partial charge in [-0.25, -0.2) is 9.97 Å². The SMILES string of the molecule is Nc1c(Cl)ccc(-c2ccncn2)c1-c1ccccc1. The number of hydrogen-bond donors (Lipinski definition) is 1. The molecule has 0 radical (unpaired) electrons. The Labute approximate surface area is 122 Å². The molecule has 0 atom stereocenters. The van der Waals surface area contributed by atoms with Crippen molar-refractivity contribution in [2.24, 2.45) is 0 Å². The molecule has 4 heteroatoms. The molecule has 0 aliphatic carbocycles. The Morgan fingerprint density at radius 3 is 2.45 bits per heavy atom. The number of hydrogen-bond acceptors (Lipinski definition) is 3. The van der Waals surface area contributed by atoms with Gasteiger partial charge in [0.1, 0.15) is 6.33 Å². The van der Waals surface area contributed by atoms with Gasteiger partial charge in [0.2, 0.25) is 0 Å². The van der Waals surface area contributed by atoms with E-state index in [0.717, 1.165) is 22.4 Å². The van der Waals surface area contributed by atoms with E-state index in [9.17, 15) is 0 Å². The quantitative estimate of drug-likeness (QED) is 0.721. The molecule has 0 saturated carbocycles. The van der Waals surface area contributed by atoms with Crippen LogP contribution >= 0.6 is 11.6 Å². The number of nitrogens with two attached hydrogens (primary N) is 1. The third-order valence-corrected chi connectivity index (χ3v) is 3.44. The Balaban J connectivity index is 2.29. The van der Waals surface area contributed by atoms with E-state index >= 15 is 0 Å². The molecule has 0 aliphatic heterocycles. The number of nitrogen functional groups attached to an aromatic ring is 1. The molecule has 3 rings (SSSR count). The van der Waals surface area contributed by atoms with E-state index in [1.54, 1.807) is 12.3 Å². The summed E-state index contributed by atoms with van der Waals surface area (Å²) in [5.74, 6) is 0. The van der Waals surface area contributed by atoms with Gasteiger partial charge in [-0.1, -0.05) is 48.0 Å². The summed E-state index contributed by atoms with van der Waals surface area (Å²) in [5.41, 5.74) is 10.4. The van der Waals surface area contributed by atoms with E-state index in [1.807, 2.05) is 42.5 Å². The fraction of sp³-hybridized carbons (Fsp3) is 0. The summed E-state index contributed by atoms with van der Waals surface area (Å²) in [7, 11) is 0. The summed E-state index contributed by atoms with van der Waals surface area (Å²) in [6.07, 6.45) is 3.23. The molecule has 0 fully saturated rings. The molecule has 3 nitrogen and oxygen atoms in total. The molecule has 3 aromatic rings. The first-order chi connectivity index (χ1) is 9.77. The molecule has 20 heavy (non-hydrogen) atoms. The van der Waals surface area contributed by atoms with Gasteiger partial charge in [-0.05, 0) is 17.7 Å². The maximum atomic E-state index is 6.18. The van der Waals surface area contributed by atoms with Gasteiger partial charge in [-0.3, -0.25) is 0 Å². The standard InChI is InChI=1S/C16H12ClN3/c17-13-7-6-12(14-8-9-19-10-20-14)15(16(13)18)11-4-2-1-3-5-11/h1-10H,18H2. The minimum atomic E-state index is 0.543. The van der Waals surface area contributed by atoms with Crippen molar-refractivity contribution in [1.82, 2.24) is 9.97 Å². The van der Waals surface area contributed by atoms with Crippen molar-refractivity contribution in [3.63, 3.8) is 0 Å². The summed E-state index contributed by atoms with van der Waals surface area (Å²) < 4.78 is 0. The number of benzene rings is 2. The monoisotopic (exact) mass is 281 g/mol. The molecular weight excluding hydrogens is 270 g/mol. The van der Waals surface area contributed by atoms with Gasteiger partial charge in [0, 0.05) is 17.3 Å². The zero-order valence-corrected chi connectivity index (χ0v) is 11.4. The first-order valence-electron chi connectivity index (χ1n) is 6.17. The van der Waals surface area contributed by atoms with E-state index in [4.69, 9.17) is 17.3 Å². The van der Waals surface area contributed by atoms with Crippen LogP contribution in [0.5, 0.6) is 0 Å². The predicted molar refractivity (Wildman–Crippen MR) is 82.3 cm³/mol. The predicted octanol–water partition coefficient (Wildman–Crippen LogP) is 4.05. The van der Waals surface area contributed by atoms with Crippen molar-refractivity contribution in [1.29, 1.82) is 0 Å². The minimum absolute atomic E-state index is 0.543. The maximum absolute atomic E-state index is 6.18. The van der Waals surface area contributed by atoms with Gasteiger partial charge in [0.05, 0.1) is 16.4 Å². The molecule has 2 N–H and O–H groups in total. The molecule has 2 aromatic carbocycles. The highest BCUT2D eigenvalue weighted by Crippen LogP contribution is 2.39. The van der Waals surface area contributed by atoms with Gasteiger partial charge in [-0.2, -0.15) is 0 Å². The second-order valence-corrected chi connectivity index (χ2v) is 4.75. The number of rotatable bonds is 2. The summed E-state index contributed by atoms with van der Waals surface area (Å²) in [4.78, 5) is 8.24. The van der Waals surface area contributed by atoms with Crippen molar-refractivity contribution >= 4 is 17.3 Å². The van der Waals surface area contributed by atoms with Crippen LogP contribution in [0.4, 0.5) is 5.69 Å². The van der Waals surface area contributed by atoms with Crippen LogP contribution in [0.1, 0.15) is 0 Å². The summed E-state index contributed by atoms with van der Waals surface area (Å²) in [6.45, 7) is 0. The molecule has 0 unspecified atom stereocenters. The third kappa shape index (κ3) is 2.24. The first-order valence-corrected chi connectivity index (χ1v) is 6.55. The Morgan fingerprint density at radius 2 is 1.75 bits per heavy atom. The van der Waals surface area contributed by atoms with Crippen LogP contribution in [-0.2, 0) is 0 Å². The fourth-order valence-electron chi connectivity index (χ4n) is 2.17. The number of aromatic nitrogens is 2. The smallest absolute Gasteiger partial charge is 0.116 e. The van der Waals surface area contributed by atoms with Crippen LogP contribution in [0, 0.1) is 0 Å². The van der Waals surface area contributed by atoms with Crippen molar-refractivity contribution in [3.8, 4) is 22.4 Å². The normalized spacial score (nSPS) is 10.4. The van der Waals surface area contributed by atoms with E-state index in [2.05, 4.69) is 9.97 Å². The lowest BCUT2D eigenvalue weighted by atomic mass is 9.96. The van der Waals surface area contributed by atoms with Gasteiger partial charge < -0.3 is 5.73 Å².